The van der Waals surface area contributed by atoms with Crippen molar-refractivity contribution in [1.82, 2.24) is 9.88 Å². The van der Waals surface area contributed by atoms with Gasteiger partial charge in [0.05, 0.1) is 17.6 Å². The molecule has 0 N–H and O–H groups in total. The van der Waals surface area contributed by atoms with Crippen molar-refractivity contribution >= 4 is 17.5 Å². The van der Waals surface area contributed by atoms with E-state index in [-0.39, 0.29) is 17.0 Å². The van der Waals surface area contributed by atoms with Crippen molar-refractivity contribution in [2.24, 2.45) is 5.92 Å². The van der Waals surface area contributed by atoms with Gasteiger partial charge >= 0.3 is 0 Å². The Morgan fingerprint density at radius 1 is 1.75 bits per heavy atom. The number of hydrogen-bond acceptors (Lipinski definition) is 3. The van der Waals surface area contributed by atoms with Crippen LogP contribution >= 0.6 is 11.6 Å². The monoisotopic (exact) mass is 237 g/mol. The van der Waals surface area contributed by atoms with Crippen LogP contribution in [0.5, 0.6) is 0 Å². The molecule has 84 valence electrons. The summed E-state index contributed by atoms with van der Waals surface area (Å²) in [6.45, 7) is 2.13. The second-order valence-corrected chi connectivity index (χ2v) is 3.92. The van der Waals surface area contributed by atoms with Crippen LogP contribution in [-0.4, -0.2) is 29.4 Å². The molecule has 1 amide bonds. The van der Waals surface area contributed by atoms with E-state index in [1.54, 1.807) is 26.1 Å². The fourth-order valence-corrected chi connectivity index (χ4v) is 1.49. The van der Waals surface area contributed by atoms with Crippen molar-refractivity contribution in [3.8, 4) is 6.07 Å². The Hall–Kier alpha value is -1.60. The first-order chi connectivity index (χ1) is 7.56. The molecule has 1 aromatic rings. The van der Waals surface area contributed by atoms with Gasteiger partial charge in [-0.05, 0) is 19.1 Å². The van der Waals surface area contributed by atoms with Gasteiger partial charge in [0.1, 0.15) is 5.15 Å². The summed E-state index contributed by atoms with van der Waals surface area (Å²) >= 11 is 5.81. The van der Waals surface area contributed by atoms with Gasteiger partial charge in [0.2, 0.25) is 0 Å². The van der Waals surface area contributed by atoms with Crippen LogP contribution in [0.2, 0.25) is 5.15 Å². The summed E-state index contributed by atoms with van der Waals surface area (Å²) in [5.41, 5.74) is 0.358. The molecule has 0 saturated heterocycles. The maximum atomic E-state index is 11.9. The minimum absolute atomic E-state index is 0.184. The number of hydrogen-bond donors (Lipinski definition) is 0. The van der Waals surface area contributed by atoms with Crippen LogP contribution in [0.4, 0.5) is 0 Å². The third kappa shape index (κ3) is 2.94. The van der Waals surface area contributed by atoms with Crippen LogP contribution in [0.25, 0.3) is 0 Å². The first kappa shape index (κ1) is 12.5. The number of aromatic nitrogens is 1. The van der Waals surface area contributed by atoms with Gasteiger partial charge in [0.15, 0.2) is 0 Å². The average molecular weight is 238 g/mol. The molecule has 0 aliphatic rings. The maximum Gasteiger partial charge on any atom is 0.256 e. The topological polar surface area (TPSA) is 57.0 Å². The van der Waals surface area contributed by atoms with Crippen molar-refractivity contribution in [3.05, 3.63) is 29.0 Å². The van der Waals surface area contributed by atoms with E-state index in [1.165, 1.54) is 11.1 Å². The standard InChI is InChI=1S/C11H12ClN3O/c1-8(6-13)7-15(2)11(16)9-4-3-5-14-10(9)12/h3-5,8H,7H2,1-2H3. The molecule has 0 fully saturated rings. The SMILES string of the molecule is CC(C#N)CN(C)C(=O)c1cccnc1Cl. The van der Waals surface area contributed by atoms with Gasteiger partial charge < -0.3 is 4.90 Å². The molecule has 5 heteroatoms. The van der Waals surface area contributed by atoms with Gasteiger partial charge in [0, 0.05) is 19.8 Å². The average Bonchev–Trinajstić information content (AvgIpc) is 2.28. The van der Waals surface area contributed by atoms with Crippen molar-refractivity contribution in [3.63, 3.8) is 0 Å². The number of carbonyl (C=O) groups is 1. The Kier molecular flexibility index (Phi) is 4.27. The smallest absolute Gasteiger partial charge is 0.256 e. The van der Waals surface area contributed by atoms with Gasteiger partial charge in [0.25, 0.3) is 5.91 Å². The lowest BCUT2D eigenvalue weighted by Gasteiger charge is -2.18. The summed E-state index contributed by atoms with van der Waals surface area (Å²) in [4.78, 5) is 17.2. The Balaban J connectivity index is 2.80. The number of amides is 1. The van der Waals surface area contributed by atoms with E-state index < -0.39 is 0 Å². The first-order valence-electron chi connectivity index (χ1n) is 4.82. The molecule has 1 unspecified atom stereocenters. The number of nitriles is 1. The lowest BCUT2D eigenvalue weighted by molar-refractivity contribution is 0.0785. The Morgan fingerprint density at radius 3 is 3.00 bits per heavy atom. The van der Waals surface area contributed by atoms with Crippen LogP contribution in [-0.2, 0) is 0 Å². The van der Waals surface area contributed by atoms with Crippen molar-refractivity contribution in [2.45, 2.75) is 6.92 Å². The maximum absolute atomic E-state index is 11.9. The molecule has 0 spiro atoms. The zero-order chi connectivity index (χ0) is 12.1. The molecule has 0 saturated carbocycles. The Bertz CT molecular complexity index is 427. The molecule has 0 bridgehead atoms. The summed E-state index contributed by atoms with van der Waals surface area (Å²) in [5.74, 6) is -0.426. The van der Waals surface area contributed by atoms with Crippen LogP contribution < -0.4 is 0 Å². The van der Waals surface area contributed by atoms with Crippen LogP contribution in [0, 0.1) is 17.2 Å². The molecule has 16 heavy (non-hydrogen) atoms. The highest BCUT2D eigenvalue weighted by atomic mass is 35.5. The number of rotatable bonds is 3. The zero-order valence-corrected chi connectivity index (χ0v) is 9.90. The minimum Gasteiger partial charge on any atom is -0.340 e. The zero-order valence-electron chi connectivity index (χ0n) is 9.14. The number of nitrogens with zero attached hydrogens (tertiary/aromatic N) is 3. The fraction of sp³-hybridized carbons (Fsp3) is 0.364. The summed E-state index contributed by atoms with van der Waals surface area (Å²) in [6.07, 6.45) is 1.52. The molecule has 4 nitrogen and oxygen atoms in total. The van der Waals surface area contributed by atoms with Gasteiger partial charge in [-0.25, -0.2) is 4.98 Å². The molecule has 0 aliphatic heterocycles. The summed E-state index contributed by atoms with van der Waals surface area (Å²) in [6, 6.07) is 5.34. The van der Waals surface area contributed by atoms with E-state index in [9.17, 15) is 4.79 Å². The van der Waals surface area contributed by atoms with E-state index in [0.29, 0.717) is 12.1 Å². The van der Waals surface area contributed by atoms with Crippen molar-refractivity contribution in [1.29, 1.82) is 5.26 Å². The van der Waals surface area contributed by atoms with Crippen molar-refractivity contribution in [2.75, 3.05) is 13.6 Å². The van der Waals surface area contributed by atoms with Crippen LogP contribution in [0.1, 0.15) is 17.3 Å². The molecule has 1 atom stereocenters. The second kappa shape index (κ2) is 5.47. The summed E-state index contributed by atoms with van der Waals surface area (Å²) in [5, 5.41) is 8.85. The minimum atomic E-state index is -0.222. The van der Waals surface area contributed by atoms with E-state index in [2.05, 4.69) is 11.1 Å². The molecule has 0 aliphatic carbocycles. The lowest BCUT2D eigenvalue weighted by Crippen LogP contribution is -2.30. The van der Waals surface area contributed by atoms with Crippen molar-refractivity contribution < 1.29 is 4.79 Å². The quantitative estimate of drug-likeness (QED) is 0.756. The second-order valence-electron chi connectivity index (χ2n) is 3.56. The molecule has 1 rings (SSSR count). The normalized spacial score (nSPS) is 11.6. The molecule has 1 heterocycles. The fourth-order valence-electron chi connectivity index (χ4n) is 1.29. The van der Waals surface area contributed by atoms with E-state index in [1.807, 2.05) is 0 Å². The predicted molar refractivity (Wildman–Crippen MR) is 61.0 cm³/mol. The highest BCUT2D eigenvalue weighted by molar-refractivity contribution is 6.32. The van der Waals surface area contributed by atoms with Crippen LogP contribution in [0.3, 0.4) is 0 Å². The number of halogens is 1. The summed E-state index contributed by atoms with van der Waals surface area (Å²) < 4.78 is 0. The third-order valence-corrected chi connectivity index (χ3v) is 2.41. The summed E-state index contributed by atoms with van der Waals surface area (Å²) in [7, 11) is 1.64. The highest BCUT2D eigenvalue weighted by Crippen LogP contribution is 2.14. The Labute approximate surface area is 99.5 Å². The van der Waals surface area contributed by atoms with E-state index in [0.717, 1.165) is 0 Å². The van der Waals surface area contributed by atoms with E-state index in [4.69, 9.17) is 16.9 Å². The molecular formula is C11H12ClN3O. The third-order valence-electron chi connectivity index (χ3n) is 2.10. The Morgan fingerprint density at radius 2 is 2.44 bits per heavy atom. The lowest BCUT2D eigenvalue weighted by atomic mass is 10.2. The van der Waals surface area contributed by atoms with Gasteiger partial charge in [-0.2, -0.15) is 5.26 Å². The van der Waals surface area contributed by atoms with E-state index >= 15 is 0 Å². The molecule has 1 aromatic heterocycles. The number of carbonyl (C=O) groups excluding carboxylic acids is 1. The number of pyridine rings is 1. The van der Waals surface area contributed by atoms with Crippen LogP contribution in [0.15, 0.2) is 18.3 Å². The first-order valence-corrected chi connectivity index (χ1v) is 5.19. The van der Waals surface area contributed by atoms with Gasteiger partial charge in [-0.15, -0.1) is 0 Å². The highest BCUT2D eigenvalue weighted by Gasteiger charge is 2.16. The van der Waals surface area contributed by atoms with Gasteiger partial charge in [-0.1, -0.05) is 11.6 Å². The molecular weight excluding hydrogens is 226 g/mol. The largest absolute Gasteiger partial charge is 0.340 e. The molecule has 0 radical (unpaired) electrons. The van der Waals surface area contributed by atoms with Gasteiger partial charge in [-0.3, -0.25) is 4.79 Å². The predicted octanol–water partition coefficient (Wildman–Crippen LogP) is 1.97. The molecule has 0 aromatic carbocycles.